The van der Waals surface area contributed by atoms with Crippen LogP contribution in [0.4, 0.5) is 5.69 Å². The molecule has 0 atom stereocenters. The summed E-state index contributed by atoms with van der Waals surface area (Å²) in [5.74, 6) is -0.0711. The number of aryl methyl sites for hydroxylation is 1. The highest BCUT2D eigenvalue weighted by Crippen LogP contribution is 2.46. The number of carbonyl (C=O) groups excluding carboxylic acids is 1. The van der Waals surface area contributed by atoms with Crippen LogP contribution in [0.3, 0.4) is 0 Å². The van der Waals surface area contributed by atoms with E-state index in [-0.39, 0.29) is 5.91 Å². The van der Waals surface area contributed by atoms with Crippen molar-refractivity contribution in [1.82, 2.24) is 0 Å². The topological polar surface area (TPSA) is 55.1 Å². The SMILES string of the molecule is CCCc1ccc(NC(=O)C2(C(N)=S)CC2)cc1. The predicted octanol–water partition coefficient (Wildman–Crippen LogP) is 2.64. The Morgan fingerprint density at radius 3 is 2.44 bits per heavy atom. The Morgan fingerprint density at radius 1 is 1.39 bits per heavy atom. The number of benzene rings is 1. The maximum Gasteiger partial charge on any atom is 0.237 e. The molecule has 1 aliphatic carbocycles. The van der Waals surface area contributed by atoms with Gasteiger partial charge in [0.1, 0.15) is 0 Å². The predicted molar refractivity (Wildman–Crippen MR) is 77.5 cm³/mol. The molecule has 0 bridgehead atoms. The molecule has 1 saturated carbocycles. The number of amides is 1. The van der Waals surface area contributed by atoms with Gasteiger partial charge in [0.05, 0.1) is 10.4 Å². The molecule has 2 rings (SSSR count). The van der Waals surface area contributed by atoms with E-state index in [2.05, 4.69) is 12.2 Å². The minimum absolute atomic E-state index is 0.0711. The maximum absolute atomic E-state index is 12.1. The third-order valence-corrected chi connectivity index (χ3v) is 3.80. The van der Waals surface area contributed by atoms with E-state index in [1.807, 2.05) is 24.3 Å². The van der Waals surface area contributed by atoms with E-state index >= 15 is 0 Å². The molecule has 3 nitrogen and oxygen atoms in total. The lowest BCUT2D eigenvalue weighted by Gasteiger charge is -2.13. The molecular weight excluding hydrogens is 244 g/mol. The van der Waals surface area contributed by atoms with E-state index in [1.165, 1.54) is 5.56 Å². The number of carbonyl (C=O) groups is 1. The summed E-state index contributed by atoms with van der Waals surface area (Å²) >= 11 is 4.96. The van der Waals surface area contributed by atoms with Crippen LogP contribution in [0.5, 0.6) is 0 Å². The summed E-state index contributed by atoms with van der Waals surface area (Å²) < 4.78 is 0. The largest absolute Gasteiger partial charge is 0.392 e. The number of thiocarbonyl (C=S) groups is 1. The first-order chi connectivity index (χ1) is 8.58. The molecule has 1 fully saturated rings. The average Bonchev–Trinajstić information content (AvgIpc) is 3.13. The summed E-state index contributed by atoms with van der Waals surface area (Å²) in [6.07, 6.45) is 3.71. The summed E-state index contributed by atoms with van der Waals surface area (Å²) in [5.41, 5.74) is 7.13. The van der Waals surface area contributed by atoms with Crippen LogP contribution in [0.1, 0.15) is 31.7 Å². The zero-order valence-electron chi connectivity index (χ0n) is 10.5. The maximum atomic E-state index is 12.1. The number of nitrogens with one attached hydrogen (secondary N) is 1. The first-order valence-electron chi connectivity index (χ1n) is 6.29. The lowest BCUT2D eigenvalue weighted by Crippen LogP contribution is -2.34. The monoisotopic (exact) mass is 262 g/mol. The molecule has 1 aromatic rings. The highest BCUT2D eigenvalue weighted by atomic mass is 32.1. The Balaban J connectivity index is 2.01. The Labute approximate surface area is 113 Å². The Morgan fingerprint density at radius 2 is 2.00 bits per heavy atom. The van der Waals surface area contributed by atoms with Crippen molar-refractivity contribution in [3.63, 3.8) is 0 Å². The van der Waals surface area contributed by atoms with E-state index in [0.717, 1.165) is 31.4 Å². The van der Waals surface area contributed by atoms with Crippen molar-refractivity contribution in [2.24, 2.45) is 11.1 Å². The van der Waals surface area contributed by atoms with Gasteiger partial charge in [0.2, 0.25) is 5.91 Å². The molecule has 1 aliphatic rings. The summed E-state index contributed by atoms with van der Waals surface area (Å²) in [7, 11) is 0. The van der Waals surface area contributed by atoms with Gasteiger partial charge in [-0.2, -0.15) is 0 Å². The van der Waals surface area contributed by atoms with Crippen molar-refractivity contribution < 1.29 is 4.79 Å². The number of hydrogen-bond acceptors (Lipinski definition) is 2. The molecule has 96 valence electrons. The van der Waals surface area contributed by atoms with Gasteiger partial charge in [-0.1, -0.05) is 37.7 Å². The normalized spacial score (nSPS) is 16.1. The van der Waals surface area contributed by atoms with E-state index < -0.39 is 5.41 Å². The summed E-state index contributed by atoms with van der Waals surface area (Å²) in [6, 6.07) is 7.94. The fourth-order valence-corrected chi connectivity index (χ4v) is 2.30. The van der Waals surface area contributed by atoms with Crippen molar-refractivity contribution in [2.75, 3.05) is 5.32 Å². The molecule has 0 aliphatic heterocycles. The molecule has 0 spiro atoms. The Hall–Kier alpha value is -1.42. The molecule has 0 aromatic heterocycles. The second kappa shape index (κ2) is 5.06. The van der Waals surface area contributed by atoms with Gasteiger partial charge in [-0.15, -0.1) is 0 Å². The van der Waals surface area contributed by atoms with Crippen molar-refractivity contribution in [1.29, 1.82) is 0 Å². The van der Waals surface area contributed by atoms with Gasteiger partial charge in [0.25, 0.3) is 0 Å². The minimum atomic E-state index is -0.586. The van der Waals surface area contributed by atoms with Gasteiger partial charge in [-0.25, -0.2) is 0 Å². The first kappa shape index (κ1) is 13.0. The van der Waals surface area contributed by atoms with Crippen LogP contribution in [0.15, 0.2) is 24.3 Å². The molecule has 1 amide bonds. The third-order valence-electron chi connectivity index (χ3n) is 3.41. The number of anilines is 1. The lowest BCUT2D eigenvalue weighted by molar-refractivity contribution is -0.118. The second-order valence-corrected chi connectivity index (χ2v) is 5.29. The van der Waals surface area contributed by atoms with Crippen LogP contribution in [-0.4, -0.2) is 10.9 Å². The molecular formula is C14H18N2OS. The van der Waals surface area contributed by atoms with Crippen molar-refractivity contribution in [3.8, 4) is 0 Å². The molecule has 0 saturated heterocycles. The minimum Gasteiger partial charge on any atom is -0.392 e. The van der Waals surface area contributed by atoms with Crippen LogP contribution in [-0.2, 0) is 11.2 Å². The first-order valence-corrected chi connectivity index (χ1v) is 6.69. The van der Waals surface area contributed by atoms with Crippen molar-refractivity contribution in [3.05, 3.63) is 29.8 Å². The van der Waals surface area contributed by atoms with Gasteiger partial charge < -0.3 is 11.1 Å². The summed E-state index contributed by atoms with van der Waals surface area (Å²) in [5, 5.41) is 2.89. The fourth-order valence-electron chi connectivity index (χ4n) is 2.00. The highest BCUT2D eigenvalue weighted by Gasteiger charge is 2.52. The van der Waals surface area contributed by atoms with Gasteiger partial charge in [-0.3, -0.25) is 4.79 Å². The molecule has 1 aromatic carbocycles. The second-order valence-electron chi connectivity index (χ2n) is 4.85. The smallest absolute Gasteiger partial charge is 0.237 e. The fraction of sp³-hybridized carbons (Fsp3) is 0.429. The molecule has 4 heteroatoms. The number of hydrogen-bond donors (Lipinski definition) is 2. The van der Waals surface area contributed by atoms with E-state index in [0.29, 0.717) is 4.99 Å². The zero-order valence-corrected chi connectivity index (χ0v) is 11.3. The van der Waals surface area contributed by atoms with Crippen LogP contribution in [0.25, 0.3) is 0 Å². The Bertz CT molecular complexity index is 463. The molecule has 0 heterocycles. The molecule has 18 heavy (non-hydrogen) atoms. The molecule has 0 radical (unpaired) electrons. The zero-order chi connectivity index (χ0) is 13.2. The van der Waals surface area contributed by atoms with Crippen LogP contribution >= 0.6 is 12.2 Å². The standard InChI is InChI=1S/C14H18N2OS/c1-2-3-10-4-6-11(7-5-10)16-13(17)14(8-9-14)12(15)18/h4-7H,2-3,8-9H2,1H3,(H2,15,18)(H,16,17). The van der Waals surface area contributed by atoms with Gasteiger partial charge in [0.15, 0.2) is 0 Å². The summed E-state index contributed by atoms with van der Waals surface area (Å²) in [4.78, 5) is 12.4. The van der Waals surface area contributed by atoms with Gasteiger partial charge in [0, 0.05) is 5.69 Å². The van der Waals surface area contributed by atoms with E-state index in [4.69, 9.17) is 18.0 Å². The van der Waals surface area contributed by atoms with Crippen molar-refractivity contribution in [2.45, 2.75) is 32.6 Å². The molecule has 3 N–H and O–H groups in total. The quantitative estimate of drug-likeness (QED) is 0.802. The number of rotatable bonds is 5. The third kappa shape index (κ3) is 2.53. The highest BCUT2D eigenvalue weighted by molar-refractivity contribution is 7.80. The number of nitrogens with two attached hydrogens (primary N) is 1. The summed E-state index contributed by atoms with van der Waals surface area (Å²) in [6.45, 7) is 2.15. The van der Waals surface area contributed by atoms with Crippen LogP contribution < -0.4 is 11.1 Å². The molecule has 0 unspecified atom stereocenters. The van der Waals surface area contributed by atoms with E-state index in [9.17, 15) is 4.79 Å². The van der Waals surface area contributed by atoms with Crippen LogP contribution in [0, 0.1) is 5.41 Å². The van der Waals surface area contributed by atoms with Crippen molar-refractivity contribution >= 4 is 28.8 Å². The lowest BCUT2D eigenvalue weighted by atomic mass is 10.1. The van der Waals surface area contributed by atoms with Gasteiger partial charge in [-0.05, 0) is 37.0 Å². The van der Waals surface area contributed by atoms with Crippen LogP contribution in [0.2, 0.25) is 0 Å². The average molecular weight is 262 g/mol. The van der Waals surface area contributed by atoms with E-state index in [1.54, 1.807) is 0 Å². The Kier molecular flexibility index (Phi) is 3.66. The van der Waals surface area contributed by atoms with Gasteiger partial charge >= 0.3 is 0 Å².